The van der Waals surface area contributed by atoms with Gasteiger partial charge in [-0.25, -0.2) is 0 Å². The van der Waals surface area contributed by atoms with Crippen molar-refractivity contribution < 1.29 is 18.9 Å². The number of methoxy groups -OCH3 is 2. The first-order valence-electron chi connectivity index (χ1n) is 9.20. The molecule has 1 aliphatic heterocycles. The van der Waals surface area contributed by atoms with Crippen LogP contribution in [0.5, 0.6) is 23.0 Å². The van der Waals surface area contributed by atoms with E-state index >= 15 is 0 Å². The van der Waals surface area contributed by atoms with Crippen molar-refractivity contribution in [3.8, 4) is 23.0 Å². The third-order valence-corrected chi connectivity index (χ3v) is 5.36. The molecular formula is C21H26BrNO4. The fourth-order valence-electron chi connectivity index (χ4n) is 3.47. The summed E-state index contributed by atoms with van der Waals surface area (Å²) in [6, 6.07) is 8.21. The second-order valence-corrected chi connectivity index (χ2v) is 7.08. The molecule has 146 valence electrons. The highest BCUT2D eigenvalue weighted by molar-refractivity contribution is 9.10. The Hall–Kier alpha value is -1.92. The number of fused-ring (bicyclic) bond motifs is 1. The zero-order valence-electron chi connectivity index (χ0n) is 16.2. The minimum Gasteiger partial charge on any atom is -0.493 e. The number of hydrogen-bond donors (Lipinski definition) is 1. The standard InChI is InChI=1S/C21H26BrNO4/c1-5-26-19-9-13-7-8-23-21(14(13)10-20(19)27-6-2)15-11-17(24-3)18(25-4)12-16(15)22/h9-12,21,23H,5-8H2,1-4H3. The summed E-state index contributed by atoms with van der Waals surface area (Å²) in [4.78, 5) is 0. The summed E-state index contributed by atoms with van der Waals surface area (Å²) in [5.74, 6) is 3.00. The summed E-state index contributed by atoms with van der Waals surface area (Å²) in [7, 11) is 3.29. The fraction of sp³-hybridized carbons (Fsp3) is 0.429. The number of rotatable bonds is 7. The van der Waals surface area contributed by atoms with Gasteiger partial charge in [0.15, 0.2) is 23.0 Å². The Morgan fingerprint density at radius 1 is 0.889 bits per heavy atom. The first-order valence-corrected chi connectivity index (χ1v) is 9.99. The average Bonchev–Trinajstić information content (AvgIpc) is 2.68. The summed E-state index contributed by atoms with van der Waals surface area (Å²) in [6.07, 6.45) is 0.948. The van der Waals surface area contributed by atoms with Gasteiger partial charge in [-0.05, 0) is 61.2 Å². The predicted octanol–water partition coefficient (Wildman–Crippen LogP) is 4.50. The molecule has 0 amide bonds. The Balaban J connectivity index is 2.09. The van der Waals surface area contributed by atoms with Gasteiger partial charge < -0.3 is 24.3 Å². The van der Waals surface area contributed by atoms with E-state index in [1.165, 1.54) is 11.1 Å². The molecule has 0 bridgehead atoms. The minimum absolute atomic E-state index is 0.0258. The number of ether oxygens (including phenoxy) is 4. The molecule has 0 radical (unpaired) electrons. The Kier molecular flexibility index (Phi) is 6.50. The Morgan fingerprint density at radius 3 is 2.11 bits per heavy atom. The molecule has 1 unspecified atom stereocenters. The molecule has 6 heteroatoms. The molecule has 0 fully saturated rings. The Labute approximate surface area is 169 Å². The van der Waals surface area contributed by atoms with Crippen molar-refractivity contribution >= 4 is 15.9 Å². The lowest BCUT2D eigenvalue weighted by Crippen LogP contribution is -2.31. The van der Waals surface area contributed by atoms with Crippen molar-refractivity contribution in [2.24, 2.45) is 0 Å². The van der Waals surface area contributed by atoms with Crippen LogP contribution in [0.15, 0.2) is 28.7 Å². The van der Waals surface area contributed by atoms with Crippen molar-refractivity contribution in [2.45, 2.75) is 26.3 Å². The molecule has 0 spiro atoms. The van der Waals surface area contributed by atoms with Gasteiger partial charge in [-0.15, -0.1) is 0 Å². The molecule has 3 rings (SSSR count). The van der Waals surface area contributed by atoms with Crippen LogP contribution in [0.25, 0.3) is 0 Å². The fourth-order valence-corrected chi connectivity index (χ4v) is 4.02. The molecule has 1 aliphatic rings. The molecule has 27 heavy (non-hydrogen) atoms. The lowest BCUT2D eigenvalue weighted by Gasteiger charge is -2.30. The molecule has 2 aromatic rings. The lowest BCUT2D eigenvalue weighted by molar-refractivity contribution is 0.286. The van der Waals surface area contributed by atoms with E-state index in [-0.39, 0.29) is 6.04 Å². The van der Waals surface area contributed by atoms with E-state index in [4.69, 9.17) is 18.9 Å². The Bertz CT molecular complexity index is 809. The van der Waals surface area contributed by atoms with Crippen LogP contribution < -0.4 is 24.3 Å². The smallest absolute Gasteiger partial charge is 0.161 e. The summed E-state index contributed by atoms with van der Waals surface area (Å²) in [5.41, 5.74) is 3.56. The molecule has 0 saturated heterocycles. The van der Waals surface area contributed by atoms with Crippen LogP contribution in [-0.4, -0.2) is 34.0 Å². The van der Waals surface area contributed by atoms with Gasteiger partial charge >= 0.3 is 0 Å². The van der Waals surface area contributed by atoms with Crippen molar-refractivity contribution in [1.82, 2.24) is 5.32 Å². The second-order valence-electron chi connectivity index (χ2n) is 6.23. The van der Waals surface area contributed by atoms with E-state index in [9.17, 15) is 0 Å². The maximum Gasteiger partial charge on any atom is 0.161 e. The third kappa shape index (κ3) is 4.01. The molecule has 1 atom stereocenters. The molecular weight excluding hydrogens is 410 g/mol. The SMILES string of the molecule is CCOc1cc2c(cc1OCC)C(c1cc(OC)c(OC)cc1Br)NCC2. The zero-order chi connectivity index (χ0) is 19.4. The molecule has 0 aliphatic carbocycles. The summed E-state index contributed by atoms with van der Waals surface area (Å²) in [6.45, 7) is 6.06. The van der Waals surface area contributed by atoms with Gasteiger partial charge in [0.2, 0.25) is 0 Å². The molecule has 1 N–H and O–H groups in total. The van der Waals surface area contributed by atoms with Gasteiger partial charge in [-0.2, -0.15) is 0 Å². The van der Waals surface area contributed by atoms with Crippen LogP contribution in [0.4, 0.5) is 0 Å². The van der Waals surface area contributed by atoms with Crippen LogP contribution in [0.2, 0.25) is 0 Å². The predicted molar refractivity (Wildman–Crippen MR) is 110 cm³/mol. The monoisotopic (exact) mass is 435 g/mol. The van der Waals surface area contributed by atoms with Gasteiger partial charge in [0.25, 0.3) is 0 Å². The summed E-state index contributed by atoms with van der Waals surface area (Å²) < 4.78 is 23.5. The maximum absolute atomic E-state index is 5.84. The lowest BCUT2D eigenvalue weighted by atomic mass is 9.89. The van der Waals surface area contributed by atoms with Gasteiger partial charge in [-0.3, -0.25) is 0 Å². The van der Waals surface area contributed by atoms with Crippen LogP contribution in [-0.2, 0) is 6.42 Å². The average molecular weight is 436 g/mol. The van der Waals surface area contributed by atoms with E-state index in [0.29, 0.717) is 24.7 Å². The van der Waals surface area contributed by atoms with E-state index < -0.39 is 0 Å². The first-order chi connectivity index (χ1) is 13.1. The van der Waals surface area contributed by atoms with Crippen molar-refractivity contribution in [3.05, 3.63) is 45.4 Å². The van der Waals surface area contributed by atoms with Crippen LogP contribution in [0.3, 0.4) is 0 Å². The molecule has 1 heterocycles. The molecule has 2 aromatic carbocycles. The summed E-state index contributed by atoms with van der Waals surface area (Å²) >= 11 is 3.70. The minimum atomic E-state index is 0.0258. The zero-order valence-corrected chi connectivity index (χ0v) is 17.8. The first kappa shape index (κ1) is 19.8. The Morgan fingerprint density at radius 2 is 1.48 bits per heavy atom. The number of hydrogen-bond acceptors (Lipinski definition) is 5. The van der Waals surface area contributed by atoms with Crippen molar-refractivity contribution in [2.75, 3.05) is 34.0 Å². The topological polar surface area (TPSA) is 49.0 Å². The van der Waals surface area contributed by atoms with Gasteiger partial charge in [0.05, 0.1) is 33.5 Å². The number of halogens is 1. The van der Waals surface area contributed by atoms with Crippen LogP contribution >= 0.6 is 15.9 Å². The van der Waals surface area contributed by atoms with Crippen LogP contribution in [0.1, 0.15) is 36.6 Å². The molecule has 0 aromatic heterocycles. The number of benzene rings is 2. The third-order valence-electron chi connectivity index (χ3n) is 4.67. The van der Waals surface area contributed by atoms with Crippen molar-refractivity contribution in [1.29, 1.82) is 0 Å². The highest BCUT2D eigenvalue weighted by Crippen LogP contribution is 2.42. The van der Waals surface area contributed by atoms with Crippen molar-refractivity contribution in [3.63, 3.8) is 0 Å². The van der Waals surface area contributed by atoms with Crippen LogP contribution in [0, 0.1) is 0 Å². The van der Waals surface area contributed by atoms with Gasteiger partial charge in [-0.1, -0.05) is 15.9 Å². The number of nitrogens with one attached hydrogen (secondary N) is 1. The molecule has 5 nitrogen and oxygen atoms in total. The maximum atomic E-state index is 5.84. The largest absolute Gasteiger partial charge is 0.493 e. The normalized spacial score (nSPS) is 15.8. The summed E-state index contributed by atoms with van der Waals surface area (Å²) in [5, 5.41) is 3.62. The molecule has 0 saturated carbocycles. The second kappa shape index (κ2) is 8.85. The van der Waals surface area contributed by atoms with E-state index in [1.807, 2.05) is 26.0 Å². The van der Waals surface area contributed by atoms with E-state index in [0.717, 1.165) is 34.5 Å². The highest BCUT2D eigenvalue weighted by Gasteiger charge is 2.27. The quantitative estimate of drug-likeness (QED) is 0.693. The van der Waals surface area contributed by atoms with Gasteiger partial charge in [0, 0.05) is 11.0 Å². The van der Waals surface area contributed by atoms with Gasteiger partial charge in [0.1, 0.15) is 0 Å². The highest BCUT2D eigenvalue weighted by atomic mass is 79.9. The van der Waals surface area contributed by atoms with E-state index in [2.05, 4.69) is 33.4 Å². The van der Waals surface area contributed by atoms with E-state index in [1.54, 1.807) is 14.2 Å².